The number of phenolic OH excluding ortho intramolecular Hbond substituents is 3. The minimum atomic E-state index is -1.36. The highest BCUT2D eigenvalue weighted by molar-refractivity contribution is 5.91. The number of hydrogen-bond acceptors (Lipinski definition) is 5. The Morgan fingerprint density at radius 3 is 2.31 bits per heavy atom. The lowest BCUT2D eigenvalue weighted by Gasteiger charge is -2.12. The molecule has 1 rings (SSSR count). The molecule has 0 radical (unpaired) electrons. The molecule has 6 nitrogen and oxygen atoms in total. The third kappa shape index (κ3) is 2.17. The van der Waals surface area contributed by atoms with Crippen molar-refractivity contribution in [1.82, 2.24) is 0 Å². The quantitative estimate of drug-likeness (QED) is 0.478. The fourth-order valence-corrected chi connectivity index (χ4v) is 1.38. The second kappa shape index (κ2) is 4.28. The molecule has 88 valence electrons. The zero-order valence-electron chi connectivity index (χ0n) is 8.51. The lowest BCUT2D eigenvalue weighted by atomic mass is 9.99. The Hall–Kier alpha value is -1.95. The van der Waals surface area contributed by atoms with Gasteiger partial charge in [0.1, 0.15) is 0 Å². The predicted octanol–water partition coefficient (Wildman–Crippen LogP) is 0.425. The normalized spacial score (nSPS) is 12.4. The zero-order valence-corrected chi connectivity index (χ0v) is 8.51. The standard InChI is InChI=1S/C10H12O6/c1-4(11)2-5-6(10(15)16)3-7(12)9(14)8(5)13/h3-4,11-14H,2H2,1H3,(H,15,16). The summed E-state index contributed by atoms with van der Waals surface area (Å²) >= 11 is 0. The molecule has 0 amide bonds. The SMILES string of the molecule is CC(O)Cc1c(C(=O)O)cc(O)c(O)c1O. The van der Waals surface area contributed by atoms with Gasteiger partial charge < -0.3 is 25.5 Å². The summed E-state index contributed by atoms with van der Waals surface area (Å²) in [5.74, 6) is -3.59. The maximum Gasteiger partial charge on any atom is 0.336 e. The Morgan fingerprint density at radius 1 is 1.31 bits per heavy atom. The number of benzene rings is 1. The van der Waals surface area contributed by atoms with Crippen LogP contribution in [0.5, 0.6) is 17.2 Å². The van der Waals surface area contributed by atoms with Gasteiger partial charge in [0.05, 0.1) is 11.7 Å². The molecule has 16 heavy (non-hydrogen) atoms. The minimum absolute atomic E-state index is 0.113. The molecule has 0 aliphatic rings. The van der Waals surface area contributed by atoms with Crippen molar-refractivity contribution in [3.8, 4) is 17.2 Å². The van der Waals surface area contributed by atoms with Gasteiger partial charge in [0.2, 0.25) is 5.75 Å². The fraction of sp³-hybridized carbons (Fsp3) is 0.300. The molecule has 0 aliphatic heterocycles. The van der Waals surface area contributed by atoms with Crippen LogP contribution in [0.3, 0.4) is 0 Å². The van der Waals surface area contributed by atoms with E-state index in [0.717, 1.165) is 6.07 Å². The van der Waals surface area contributed by atoms with Gasteiger partial charge in [-0.05, 0) is 13.0 Å². The zero-order chi connectivity index (χ0) is 12.5. The Morgan fingerprint density at radius 2 is 1.88 bits per heavy atom. The van der Waals surface area contributed by atoms with E-state index in [2.05, 4.69) is 0 Å². The molecule has 0 spiro atoms. The number of aliphatic hydroxyl groups excluding tert-OH is 1. The van der Waals surface area contributed by atoms with E-state index in [4.69, 9.17) is 15.3 Å². The van der Waals surface area contributed by atoms with Crippen molar-refractivity contribution >= 4 is 5.97 Å². The number of aromatic hydroxyl groups is 3. The van der Waals surface area contributed by atoms with Gasteiger partial charge in [-0.25, -0.2) is 4.79 Å². The fourth-order valence-electron chi connectivity index (χ4n) is 1.38. The van der Waals surface area contributed by atoms with Crippen molar-refractivity contribution < 1.29 is 30.3 Å². The van der Waals surface area contributed by atoms with E-state index in [9.17, 15) is 15.0 Å². The molecule has 0 saturated heterocycles. The number of hydrogen-bond donors (Lipinski definition) is 5. The Labute approximate surface area is 91.0 Å². The first-order valence-corrected chi connectivity index (χ1v) is 4.52. The lowest BCUT2D eigenvalue weighted by molar-refractivity contribution is 0.0693. The van der Waals surface area contributed by atoms with Gasteiger partial charge in [0.15, 0.2) is 11.5 Å². The highest BCUT2D eigenvalue weighted by atomic mass is 16.4. The van der Waals surface area contributed by atoms with Crippen molar-refractivity contribution in [2.45, 2.75) is 19.4 Å². The predicted molar refractivity (Wildman–Crippen MR) is 53.8 cm³/mol. The number of phenols is 3. The van der Waals surface area contributed by atoms with Crippen molar-refractivity contribution in [3.63, 3.8) is 0 Å². The number of rotatable bonds is 3. The molecule has 6 heteroatoms. The van der Waals surface area contributed by atoms with Gasteiger partial charge in [-0.2, -0.15) is 0 Å². The van der Waals surface area contributed by atoms with Gasteiger partial charge in [-0.1, -0.05) is 0 Å². The first-order valence-electron chi connectivity index (χ1n) is 4.52. The van der Waals surface area contributed by atoms with Crippen LogP contribution in [0.1, 0.15) is 22.8 Å². The number of carboxylic acid groups (broad SMARTS) is 1. The number of aromatic carboxylic acids is 1. The van der Waals surface area contributed by atoms with E-state index >= 15 is 0 Å². The maximum atomic E-state index is 10.8. The van der Waals surface area contributed by atoms with Crippen LogP contribution in [0.2, 0.25) is 0 Å². The van der Waals surface area contributed by atoms with Crippen LogP contribution >= 0.6 is 0 Å². The molecule has 0 fully saturated rings. The lowest BCUT2D eigenvalue weighted by Crippen LogP contribution is -2.10. The number of carbonyl (C=O) groups is 1. The van der Waals surface area contributed by atoms with Gasteiger partial charge in [0, 0.05) is 12.0 Å². The first-order chi connectivity index (χ1) is 7.34. The summed E-state index contributed by atoms with van der Waals surface area (Å²) in [4.78, 5) is 10.8. The van der Waals surface area contributed by atoms with Crippen LogP contribution < -0.4 is 0 Å². The first kappa shape index (κ1) is 12.1. The average molecular weight is 228 g/mol. The molecule has 5 N–H and O–H groups in total. The summed E-state index contributed by atoms with van der Waals surface area (Å²) in [5.41, 5.74) is -0.466. The van der Waals surface area contributed by atoms with E-state index in [0.29, 0.717) is 0 Å². The van der Waals surface area contributed by atoms with Crippen molar-refractivity contribution in [1.29, 1.82) is 0 Å². The van der Waals surface area contributed by atoms with Gasteiger partial charge in [-0.3, -0.25) is 0 Å². The number of carboxylic acids is 1. The highest BCUT2D eigenvalue weighted by Crippen LogP contribution is 2.40. The molecule has 1 unspecified atom stereocenters. The second-order valence-electron chi connectivity index (χ2n) is 3.48. The van der Waals surface area contributed by atoms with Crippen LogP contribution in [0.4, 0.5) is 0 Å². The summed E-state index contributed by atoms with van der Waals surface area (Å²) in [6.45, 7) is 1.41. The third-order valence-electron chi connectivity index (χ3n) is 2.09. The van der Waals surface area contributed by atoms with Crippen molar-refractivity contribution in [2.75, 3.05) is 0 Å². The molecule has 1 aromatic rings. The molecule has 0 aromatic heterocycles. The monoisotopic (exact) mass is 228 g/mol. The minimum Gasteiger partial charge on any atom is -0.504 e. The molecule has 0 heterocycles. The van der Waals surface area contributed by atoms with Crippen molar-refractivity contribution in [2.24, 2.45) is 0 Å². The van der Waals surface area contributed by atoms with Gasteiger partial charge >= 0.3 is 5.97 Å². The summed E-state index contributed by atoms with van der Waals surface area (Å²) in [6, 6.07) is 0.828. The molecule has 0 bridgehead atoms. The second-order valence-corrected chi connectivity index (χ2v) is 3.48. The number of aliphatic hydroxyl groups is 1. The molecular weight excluding hydrogens is 216 g/mol. The van der Waals surface area contributed by atoms with E-state index in [1.807, 2.05) is 0 Å². The van der Waals surface area contributed by atoms with E-state index < -0.39 is 29.3 Å². The molecule has 1 atom stereocenters. The average Bonchev–Trinajstić information content (AvgIpc) is 2.17. The largest absolute Gasteiger partial charge is 0.504 e. The summed E-state index contributed by atoms with van der Waals surface area (Å²) in [6.07, 6.45) is -1.02. The smallest absolute Gasteiger partial charge is 0.336 e. The van der Waals surface area contributed by atoms with Crippen LogP contribution in [0.25, 0.3) is 0 Å². The summed E-state index contributed by atoms with van der Waals surface area (Å²) in [7, 11) is 0. The Bertz CT molecular complexity index is 424. The van der Waals surface area contributed by atoms with E-state index in [-0.39, 0.29) is 17.5 Å². The Kier molecular flexibility index (Phi) is 3.24. The van der Waals surface area contributed by atoms with Crippen LogP contribution in [-0.4, -0.2) is 37.6 Å². The summed E-state index contributed by atoms with van der Waals surface area (Å²) < 4.78 is 0. The van der Waals surface area contributed by atoms with E-state index in [1.165, 1.54) is 6.92 Å². The maximum absolute atomic E-state index is 10.8. The Balaban J connectivity index is 3.41. The third-order valence-corrected chi connectivity index (χ3v) is 2.09. The van der Waals surface area contributed by atoms with Crippen LogP contribution in [0, 0.1) is 0 Å². The van der Waals surface area contributed by atoms with Gasteiger partial charge in [0.25, 0.3) is 0 Å². The van der Waals surface area contributed by atoms with Crippen molar-refractivity contribution in [3.05, 3.63) is 17.2 Å². The molecular formula is C10H12O6. The molecule has 0 saturated carbocycles. The van der Waals surface area contributed by atoms with Gasteiger partial charge in [-0.15, -0.1) is 0 Å². The molecule has 1 aromatic carbocycles. The summed E-state index contributed by atoms with van der Waals surface area (Å²) in [5, 5.41) is 45.8. The van der Waals surface area contributed by atoms with Crippen LogP contribution in [0.15, 0.2) is 6.07 Å². The van der Waals surface area contributed by atoms with Crippen LogP contribution in [-0.2, 0) is 6.42 Å². The molecule has 0 aliphatic carbocycles. The topological polar surface area (TPSA) is 118 Å². The highest BCUT2D eigenvalue weighted by Gasteiger charge is 2.21. The van der Waals surface area contributed by atoms with E-state index in [1.54, 1.807) is 0 Å².